The molecule has 1 aromatic heterocycles. The maximum absolute atomic E-state index is 11.3. The monoisotopic (exact) mass is 535 g/mol. The van der Waals surface area contributed by atoms with Gasteiger partial charge in [0.1, 0.15) is 12.4 Å². The first-order valence-corrected chi connectivity index (χ1v) is 14.4. The van der Waals surface area contributed by atoms with Crippen molar-refractivity contribution in [1.82, 2.24) is 9.88 Å². The van der Waals surface area contributed by atoms with E-state index in [-0.39, 0.29) is 12.0 Å². The van der Waals surface area contributed by atoms with E-state index in [0.717, 1.165) is 78.8 Å². The molecule has 2 aliphatic rings. The number of anilines is 1. The number of aliphatic carboxylic acids is 1. The summed E-state index contributed by atoms with van der Waals surface area (Å²) >= 11 is 1.60. The van der Waals surface area contributed by atoms with Gasteiger partial charge in [-0.1, -0.05) is 29.8 Å². The topological polar surface area (TPSA) is 86.1 Å². The Balaban J connectivity index is 1.25. The zero-order chi connectivity index (χ0) is 26.6. The van der Waals surface area contributed by atoms with Gasteiger partial charge in [-0.15, -0.1) is 11.3 Å². The molecule has 202 valence electrons. The van der Waals surface area contributed by atoms with Crippen LogP contribution < -0.4 is 9.64 Å². The first-order chi connectivity index (χ1) is 18.4. The fourth-order valence-electron chi connectivity index (χ4n) is 5.33. The number of aliphatic hydroxyl groups excluding tert-OH is 1. The number of hydrogen-bond acceptors (Lipinski definition) is 7. The predicted octanol–water partition coefficient (Wildman–Crippen LogP) is 5.26. The second-order valence-electron chi connectivity index (χ2n) is 10.7. The zero-order valence-electron chi connectivity index (χ0n) is 22.2. The van der Waals surface area contributed by atoms with Crippen LogP contribution in [0.25, 0.3) is 11.3 Å². The van der Waals surface area contributed by atoms with Gasteiger partial charge in [-0.2, -0.15) is 0 Å². The van der Waals surface area contributed by atoms with Crippen LogP contribution in [0.1, 0.15) is 47.9 Å². The summed E-state index contributed by atoms with van der Waals surface area (Å²) in [6.45, 7) is 8.93. The number of piperidine rings is 2. The van der Waals surface area contributed by atoms with Crippen molar-refractivity contribution in [3.8, 4) is 17.0 Å². The number of likely N-dealkylation sites (tertiary alicyclic amines) is 1. The van der Waals surface area contributed by atoms with Gasteiger partial charge in [-0.3, -0.25) is 9.69 Å². The normalized spacial score (nSPS) is 17.6. The molecule has 2 aromatic carbocycles. The first-order valence-electron chi connectivity index (χ1n) is 13.5. The molecule has 0 amide bonds. The van der Waals surface area contributed by atoms with Crippen LogP contribution in [0, 0.1) is 19.8 Å². The third-order valence-electron chi connectivity index (χ3n) is 7.77. The average molecular weight is 536 g/mol. The number of aliphatic hydroxyl groups is 1. The van der Waals surface area contributed by atoms with Crippen LogP contribution in [-0.4, -0.2) is 58.3 Å². The van der Waals surface area contributed by atoms with Gasteiger partial charge in [0, 0.05) is 43.7 Å². The number of ether oxygens (including phenoxy) is 1. The second-order valence-corrected chi connectivity index (χ2v) is 11.5. The van der Waals surface area contributed by atoms with Crippen molar-refractivity contribution in [3.05, 3.63) is 64.0 Å². The van der Waals surface area contributed by atoms with Crippen molar-refractivity contribution in [2.45, 2.75) is 58.8 Å². The number of rotatable bonds is 8. The minimum Gasteiger partial charge on any atom is -0.488 e. The molecule has 5 rings (SSSR count). The van der Waals surface area contributed by atoms with Gasteiger partial charge in [-0.25, -0.2) is 4.98 Å². The summed E-state index contributed by atoms with van der Waals surface area (Å²) in [6.07, 6.45) is 2.87. The number of aromatic nitrogens is 1. The van der Waals surface area contributed by atoms with Crippen molar-refractivity contribution in [2.24, 2.45) is 5.92 Å². The van der Waals surface area contributed by atoms with E-state index < -0.39 is 5.97 Å². The Hall–Kier alpha value is -2.94. The minimum absolute atomic E-state index is 0.147. The number of aryl methyl sites for hydroxylation is 2. The molecule has 2 fully saturated rings. The Kier molecular flexibility index (Phi) is 8.31. The highest BCUT2D eigenvalue weighted by Crippen LogP contribution is 2.36. The van der Waals surface area contributed by atoms with E-state index in [4.69, 9.17) is 9.72 Å². The van der Waals surface area contributed by atoms with Gasteiger partial charge >= 0.3 is 5.97 Å². The molecule has 0 saturated carbocycles. The number of carboxylic acids is 1. The minimum atomic E-state index is -0.696. The summed E-state index contributed by atoms with van der Waals surface area (Å²) in [5, 5.41) is 22.0. The molecule has 0 unspecified atom stereocenters. The van der Waals surface area contributed by atoms with Crippen LogP contribution in [-0.2, 0) is 17.9 Å². The highest BCUT2D eigenvalue weighted by atomic mass is 32.1. The number of benzene rings is 2. The predicted molar refractivity (Wildman–Crippen MR) is 151 cm³/mol. The number of thiazole rings is 1. The van der Waals surface area contributed by atoms with E-state index in [1.54, 1.807) is 11.3 Å². The third-order valence-corrected chi connectivity index (χ3v) is 8.67. The molecule has 2 N–H and O–H groups in total. The van der Waals surface area contributed by atoms with Gasteiger partial charge in [0.2, 0.25) is 0 Å². The molecule has 8 heteroatoms. The zero-order valence-corrected chi connectivity index (χ0v) is 23.0. The molecule has 0 radical (unpaired) electrons. The van der Waals surface area contributed by atoms with Crippen LogP contribution in [0.15, 0.2) is 41.8 Å². The van der Waals surface area contributed by atoms with Gasteiger partial charge < -0.3 is 19.8 Å². The Labute approximate surface area is 228 Å². The smallest absolute Gasteiger partial charge is 0.306 e. The molecule has 0 spiro atoms. The Morgan fingerprint density at radius 2 is 1.82 bits per heavy atom. The van der Waals surface area contributed by atoms with Crippen molar-refractivity contribution >= 4 is 22.4 Å². The van der Waals surface area contributed by atoms with E-state index >= 15 is 0 Å². The van der Waals surface area contributed by atoms with E-state index in [9.17, 15) is 15.0 Å². The Bertz CT molecular complexity index is 1260. The summed E-state index contributed by atoms with van der Waals surface area (Å²) in [7, 11) is 0. The van der Waals surface area contributed by atoms with Crippen molar-refractivity contribution in [1.29, 1.82) is 0 Å². The summed E-state index contributed by atoms with van der Waals surface area (Å²) in [5.74, 6) is -0.134. The number of carboxylic acid groups (broad SMARTS) is 1. The van der Waals surface area contributed by atoms with E-state index in [1.807, 2.05) is 6.07 Å². The fourth-order valence-corrected chi connectivity index (χ4v) is 6.21. The van der Waals surface area contributed by atoms with Crippen molar-refractivity contribution in [2.75, 3.05) is 31.1 Å². The van der Waals surface area contributed by atoms with Crippen molar-refractivity contribution < 1.29 is 19.7 Å². The van der Waals surface area contributed by atoms with Gasteiger partial charge in [-0.05, 0) is 68.4 Å². The van der Waals surface area contributed by atoms with Crippen LogP contribution in [0.3, 0.4) is 0 Å². The molecule has 0 atom stereocenters. The molecule has 2 aliphatic heterocycles. The van der Waals surface area contributed by atoms with Gasteiger partial charge in [0.25, 0.3) is 0 Å². The molecule has 0 aliphatic carbocycles. The first kappa shape index (κ1) is 26.7. The highest BCUT2D eigenvalue weighted by molar-refractivity contribution is 7.14. The molecular weight excluding hydrogens is 498 g/mol. The summed E-state index contributed by atoms with van der Waals surface area (Å²) in [4.78, 5) is 20.8. The van der Waals surface area contributed by atoms with Gasteiger partial charge in [0.05, 0.1) is 17.7 Å². The quantitative estimate of drug-likeness (QED) is 0.407. The maximum Gasteiger partial charge on any atom is 0.306 e. The van der Waals surface area contributed by atoms with Crippen molar-refractivity contribution in [3.63, 3.8) is 0 Å². The fraction of sp³-hybridized carbons (Fsp3) is 0.467. The standard InChI is InChI=1S/C30H37N3O4S/c1-20-3-6-28(26(15-20)27-19-38-30(31-27)33-13-7-23(8-14-33)29(35)36)37-18-24-5-4-22(16-21(24)2)17-32-11-9-25(34)10-12-32/h3-6,15-16,19,23,25,34H,7-14,17-18H2,1-2H3,(H,35,36). The lowest BCUT2D eigenvalue weighted by molar-refractivity contribution is -0.142. The molecule has 3 heterocycles. The SMILES string of the molecule is Cc1ccc(OCc2ccc(CN3CCC(O)CC3)cc2C)c(-c2csc(N3CCC(C(=O)O)CC3)n2)c1. The number of hydrogen-bond donors (Lipinski definition) is 2. The second kappa shape index (κ2) is 11.8. The molecular formula is C30H37N3O4S. The van der Waals surface area contributed by atoms with E-state index in [2.05, 4.69) is 59.4 Å². The Morgan fingerprint density at radius 1 is 1.05 bits per heavy atom. The van der Waals surface area contributed by atoms with Gasteiger partial charge in [0.15, 0.2) is 5.13 Å². The largest absolute Gasteiger partial charge is 0.488 e. The molecule has 38 heavy (non-hydrogen) atoms. The molecule has 7 nitrogen and oxygen atoms in total. The van der Waals surface area contributed by atoms with E-state index in [1.165, 1.54) is 11.1 Å². The average Bonchev–Trinajstić information content (AvgIpc) is 3.40. The van der Waals surface area contributed by atoms with Crippen LogP contribution in [0.2, 0.25) is 0 Å². The molecule has 2 saturated heterocycles. The molecule has 3 aromatic rings. The third kappa shape index (κ3) is 6.37. The summed E-state index contributed by atoms with van der Waals surface area (Å²) in [6, 6.07) is 12.8. The number of carbonyl (C=O) groups is 1. The lowest BCUT2D eigenvalue weighted by Crippen LogP contribution is -2.36. The van der Waals surface area contributed by atoms with Crippen LogP contribution in [0.4, 0.5) is 5.13 Å². The highest BCUT2D eigenvalue weighted by Gasteiger charge is 2.26. The Morgan fingerprint density at radius 3 is 2.53 bits per heavy atom. The summed E-state index contributed by atoms with van der Waals surface area (Å²) in [5.41, 5.74) is 6.69. The van der Waals surface area contributed by atoms with Crippen LogP contribution in [0.5, 0.6) is 5.75 Å². The summed E-state index contributed by atoms with van der Waals surface area (Å²) < 4.78 is 6.36. The lowest BCUT2D eigenvalue weighted by Gasteiger charge is -2.29. The van der Waals surface area contributed by atoms with E-state index in [0.29, 0.717) is 19.4 Å². The van der Waals surface area contributed by atoms with Crippen LogP contribution >= 0.6 is 11.3 Å². The lowest BCUT2D eigenvalue weighted by atomic mass is 9.97. The molecule has 0 bridgehead atoms. The maximum atomic E-state index is 11.3. The number of nitrogens with zero attached hydrogens (tertiary/aromatic N) is 3.